The van der Waals surface area contributed by atoms with Crippen molar-refractivity contribution in [2.45, 2.75) is 46.1 Å². The number of nitrogens with zero attached hydrogens (tertiary/aromatic N) is 1. The molecule has 0 aromatic rings. The number of amides is 1. The van der Waals surface area contributed by atoms with Gasteiger partial charge >= 0.3 is 0 Å². The van der Waals surface area contributed by atoms with Crippen molar-refractivity contribution in [3.8, 4) is 0 Å². The molecule has 1 fully saturated rings. The average Bonchev–Trinajstić information content (AvgIpc) is 2.17. The summed E-state index contributed by atoms with van der Waals surface area (Å²) >= 11 is 0. The molecule has 0 radical (unpaired) electrons. The highest BCUT2D eigenvalue weighted by atomic mass is 16.2. The van der Waals surface area contributed by atoms with E-state index in [9.17, 15) is 4.79 Å². The van der Waals surface area contributed by atoms with Crippen LogP contribution in [0.15, 0.2) is 0 Å². The van der Waals surface area contributed by atoms with Crippen LogP contribution < -0.4 is 5.73 Å². The SMILES string of the molecule is CC(N)CN1CCC(C)(C)CCC1=O. The fourth-order valence-corrected chi connectivity index (χ4v) is 1.83. The minimum atomic E-state index is 0.0835. The maximum Gasteiger partial charge on any atom is 0.222 e. The Kier molecular flexibility index (Phi) is 3.53. The van der Waals surface area contributed by atoms with Gasteiger partial charge in [-0.15, -0.1) is 0 Å². The molecule has 1 saturated heterocycles. The van der Waals surface area contributed by atoms with Gasteiger partial charge in [-0.1, -0.05) is 13.8 Å². The molecule has 0 saturated carbocycles. The lowest BCUT2D eigenvalue weighted by atomic mass is 9.85. The third-order valence-electron chi connectivity index (χ3n) is 2.94. The van der Waals surface area contributed by atoms with Crippen molar-refractivity contribution in [3.05, 3.63) is 0 Å². The van der Waals surface area contributed by atoms with Gasteiger partial charge in [-0.25, -0.2) is 0 Å². The molecule has 0 aliphatic carbocycles. The zero-order valence-corrected chi connectivity index (χ0v) is 9.55. The van der Waals surface area contributed by atoms with E-state index in [1.54, 1.807) is 0 Å². The van der Waals surface area contributed by atoms with E-state index in [4.69, 9.17) is 5.73 Å². The second-order valence-corrected chi connectivity index (χ2v) is 5.23. The predicted molar refractivity (Wildman–Crippen MR) is 57.9 cm³/mol. The molecule has 14 heavy (non-hydrogen) atoms. The molecular weight excluding hydrogens is 176 g/mol. The Balaban J connectivity index is 2.56. The van der Waals surface area contributed by atoms with E-state index in [-0.39, 0.29) is 11.9 Å². The number of hydrogen-bond acceptors (Lipinski definition) is 2. The summed E-state index contributed by atoms with van der Waals surface area (Å²) < 4.78 is 0. The highest BCUT2D eigenvalue weighted by molar-refractivity contribution is 5.76. The predicted octanol–water partition coefficient (Wildman–Crippen LogP) is 1.37. The van der Waals surface area contributed by atoms with Crippen LogP contribution in [0.25, 0.3) is 0 Å². The van der Waals surface area contributed by atoms with Crippen molar-refractivity contribution >= 4 is 5.91 Å². The van der Waals surface area contributed by atoms with Crippen molar-refractivity contribution < 1.29 is 4.79 Å². The Morgan fingerprint density at radius 3 is 2.71 bits per heavy atom. The number of hydrogen-bond donors (Lipinski definition) is 1. The number of carbonyl (C=O) groups excluding carboxylic acids is 1. The molecule has 3 heteroatoms. The van der Waals surface area contributed by atoms with E-state index in [0.717, 1.165) is 19.4 Å². The molecule has 0 aromatic carbocycles. The van der Waals surface area contributed by atoms with Gasteiger partial charge in [0.25, 0.3) is 0 Å². The summed E-state index contributed by atoms with van der Waals surface area (Å²) in [6.07, 6.45) is 2.77. The first-order valence-electron chi connectivity index (χ1n) is 5.44. The zero-order chi connectivity index (χ0) is 10.8. The van der Waals surface area contributed by atoms with Crippen molar-refractivity contribution in [2.24, 2.45) is 11.1 Å². The topological polar surface area (TPSA) is 46.3 Å². The van der Waals surface area contributed by atoms with Crippen LogP contribution in [0.3, 0.4) is 0 Å². The minimum Gasteiger partial charge on any atom is -0.341 e. The van der Waals surface area contributed by atoms with Crippen molar-refractivity contribution in [3.63, 3.8) is 0 Å². The summed E-state index contributed by atoms with van der Waals surface area (Å²) in [7, 11) is 0. The third kappa shape index (κ3) is 3.29. The summed E-state index contributed by atoms with van der Waals surface area (Å²) in [6.45, 7) is 7.98. The van der Waals surface area contributed by atoms with E-state index in [1.165, 1.54) is 0 Å². The Hall–Kier alpha value is -0.570. The van der Waals surface area contributed by atoms with E-state index in [0.29, 0.717) is 18.4 Å². The second kappa shape index (κ2) is 4.30. The molecule has 1 aliphatic heterocycles. The van der Waals surface area contributed by atoms with Gasteiger partial charge < -0.3 is 10.6 Å². The maximum atomic E-state index is 11.7. The van der Waals surface area contributed by atoms with Gasteiger partial charge in [-0.2, -0.15) is 0 Å². The normalized spacial score (nSPS) is 24.6. The van der Waals surface area contributed by atoms with E-state index in [2.05, 4.69) is 13.8 Å². The first-order chi connectivity index (χ1) is 6.41. The quantitative estimate of drug-likeness (QED) is 0.728. The largest absolute Gasteiger partial charge is 0.341 e. The van der Waals surface area contributed by atoms with Gasteiger partial charge in [-0.05, 0) is 25.2 Å². The highest BCUT2D eigenvalue weighted by Gasteiger charge is 2.27. The van der Waals surface area contributed by atoms with Crippen LogP contribution in [0.2, 0.25) is 0 Å². The van der Waals surface area contributed by atoms with E-state index < -0.39 is 0 Å². The Labute approximate surface area is 86.6 Å². The summed E-state index contributed by atoms with van der Waals surface area (Å²) in [5, 5.41) is 0. The minimum absolute atomic E-state index is 0.0835. The molecule has 1 aliphatic rings. The molecule has 2 N–H and O–H groups in total. The molecule has 1 unspecified atom stereocenters. The fourth-order valence-electron chi connectivity index (χ4n) is 1.83. The lowest BCUT2D eigenvalue weighted by Gasteiger charge is -2.24. The van der Waals surface area contributed by atoms with Crippen LogP contribution in [0.5, 0.6) is 0 Å². The molecule has 0 spiro atoms. The van der Waals surface area contributed by atoms with Crippen molar-refractivity contribution in [1.82, 2.24) is 4.90 Å². The van der Waals surface area contributed by atoms with E-state index >= 15 is 0 Å². The summed E-state index contributed by atoms with van der Waals surface area (Å²) in [5.74, 6) is 0.271. The highest BCUT2D eigenvalue weighted by Crippen LogP contribution is 2.30. The van der Waals surface area contributed by atoms with Crippen molar-refractivity contribution in [1.29, 1.82) is 0 Å². The maximum absolute atomic E-state index is 11.7. The van der Waals surface area contributed by atoms with Gasteiger partial charge in [0.05, 0.1) is 0 Å². The molecule has 3 nitrogen and oxygen atoms in total. The first-order valence-corrected chi connectivity index (χ1v) is 5.44. The molecule has 0 bridgehead atoms. The van der Waals surface area contributed by atoms with Gasteiger partial charge in [0.15, 0.2) is 0 Å². The van der Waals surface area contributed by atoms with Crippen LogP contribution in [-0.2, 0) is 4.79 Å². The number of rotatable bonds is 2. The fraction of sp³-hybridized carbons (Fsp3) is 0.909. The lowest BCUT2D eigenvalue weighted by molar-refractivity contribution is -0.130. The first kappa shape index (κ1) is 11.5. The van der Waals surface area contributed by atoms with Crippen LogP contribution in [-0.4, -0.2) is 29.9 Å². The van der Waals surface area contributed by atoms with Crippen LogP contribution >= 0.6 is 0 Å². The van der Waals surface area contributed by atoms with Gasteiger partial charge in [0.2, 0.25) is 5.91 Å². The zero-order valence-electron chi connectivity index (χ0n) is 9.55. The molecule has 1 atom stereocenters. The lowest BCUT2D eigenvalue weighted by Crippen LogP contribution is -2.39. The molecule has 1 amide bonds. The number of likely N-dealkylation sites (tertiary alicyclic amines) is 1. The number of carbonyl (C=O) groups is 1. The Bertz CT molecular complexity index is 211. The Morgan fingerprint density at radius 1 is 1.50 bits per heavy atom. The third-order valence-corrected chi connectivity index (χ3v) is 2.94. The van der Waals surface area contributed by atoms with Crippen LogP contribution in [0, 0.1) is 5.41 Å². The van der Waals surface area contributed by atoms with Crippen LogP contribution in [0.4, 0.5) is 0 Å². The standard InChI is InChI=1S/C11H22N2O/c1-9(12)8-13-7-6-11(2,3)5-4-10(13)14/h9H,4-8,12H2,1-3H3. The van der Waals surface area contributed by atoms with Crippen LogP contribution in [0.1, 0.15) is 40.0 Å². The van der Waals surface area contributed by atoms with Gasteiger partial charge in [0, 0.05) is 25.6 Å². The van der Waals surface area contributed by atoms with Gasteiger partial charge in [0.1, 0.15) is 0 Å². The smallest absolute Gasteiger partial charge is 0.222 e. The Morgan fingerprint density at radius 2 is 2.14 bits per heavy atom. The second-order valence-electron chi connectivity index (χ2n) is 5.23. The average molecular weight is 198 g/mol. The molecule has 1 rings (SSSR count). The monoisotopic (exact) mass is 198 g/mol. The molecule has 0 aromatic heterocycles. The molecule has 1 heterocycles. The molecular formula is C11H22N2O. The number of nitrogens with two attached hydrogens (primary N) is 1. The van der Waals surface area contributed by atoms with Crippen molar-refractivity contribution in [2.75, 3.05) is 13.1 Å². The molecule has 82 valence electrons. The summed E-state index contributed by atoms with van der Waals surface area (Å²) in [6, 6.07) is 0.0835. The summed E-state index contributed by atoms with van der Waals surface area (Å²) in [5.41, 5.74) is 6.02. The van der Waals surface area contributed by atoms with E-state index in [1.807, 2.05) is 11.8 Å². The van der Waals surface area contributed by atoms with Gasteiger partial charge in [-0.3, -0.25) is 4.79 Å². The summed E-state index contributed by atoms with van der Waals surface area (Å²) in [4.78, 5) is 13.6.